The molecule has 0 aliphatic heterocycles. The Kier molecular flexibility index (Phi) is 48.1. The van der Waals surface area contributed by atoms with Gasteiger partial charge >= 0.3 is 5.97 Å². The molecule has 0 bridgehead atoms. The number of phosphoric acid groups is 1. The van der Waals surface area contributed by atoms with Crippen LogP contribution in [0.3, 0.4) is 0 Å². The van der Waals surface area contributed by atoms with Crippen LogP contribution in [0.1, 0.15) is 265 Å². The molecule has 69 heavy (non-hydrogen) atoms. The molecule has 0 aliphatic rings. The number of nitrogens with one attached hydrogen (secondary N) is 1. The van der Waals surface area contributed by atoms with Gasteiger partial charge in [-0.25, -0.2) is 0 Å². The van der Waals surface area contributed by atoms with Crippen molar-refractivity contribution in [3.8, 4) is 0 Å². The Morgan fingerprint density at radius 1 is 0.522 bits per heavy atom. The van der Waals surface area contributed by atoms with Crippen LogP contribution in [0.4, 0.5) is 0 Å². The first-order chi connectivity index (χ1) is 33.4. The third-order valence-electron chi connectivity index (χ3n) is 12.8. The van der Waals surface area contributed by atoms with Gasteiger partial charge in [0.1, 0.15) is 19.3 Å². The van der Waals surface area contributed by atoms with Crippen molar-refractivity contribution < 1.29 is 37.3 Å². The van der Waals surface area contributed by atoms with Crippen LogP contribution in [-0.2, 0) is 27.9 Å². The molecule has 0 spiro atoms. The number of quaternary nitrogens is 1. The average molecular weight is 992 g/mol. The lowest BCUT2D eigenvalue weighted by atomic mass is 10.0. The van der Waals surface area contributed by atoms with Crippen molar-refractivity contribution in [3.05, 3.63) is 48.6 Å². The summed E-state index contributed by atoms with van der Waals surface area (Å²) in [7, 11) is 1.18. The first-order valence-electron chi connectivity index (χ1n) is 29.0. The Hall–Kier alpha value is -2.03. The molecule has 0 aromatic rings. The fraction of sp³-hybridized carbons (Fsp3) is 0.831. The van der Waals surface area contributed by atoms with Crippen LogP contribution in [0.15, 0.2) is 48.6 Å². The summed E-state index contributed by atoms with van der Waals surface area (Å²) < 4.78 is 30.2. The zero-order valence-electron chi connectivity index (χ0n) is 46.0. The molecule has 0 saturated heterocycles. The second-order valence-electron chi connectivity index (χ2n) is 20.8. The summed E-state index contributed by atoms with van der Waals surface area (Å²) in [6, 6.07) is -0.889. The van der Waals surface area contributed by atoms with Crippen molar-refractivity contribution in [2.24, 2.45) is 0 Å². The Bertz CT molecular complexity index is 1330. The third-order valence-corrected chi connectivity index (χ3v) is 13.8. The van der Waals surface area contributed by atoms with Crippen LogP contribution in [0.25, 0.3) is 0 Å². The van der Waals surface area contributed by atoms with Crippen LogP contribution >= 0.6 is 7.82 Å². The Balaban J connectivity index is 5.33. The highest BCUT2D eigenvalue weighted by molar-refractivity contribution is 7.45. The molecule has 0 aliphatic carbocycles. The first kappa shape index (κ1) is 67.0. The van der Waals surface area contributed by atoms with Gasteiger partial charge in [-0.3, -0.25) is 14.2 Å². The number of phosphoric ester groups is 1. The van der Waals surface area contributed by atoms with Crippen LogP contribution in [0.5, 0.6) is 0 Å². The van der Waals surface area contributed by atoms with Crippen LogP contribution in [-0.4, -0.2) is 69.4 Å². The van der Waals surface area contributed by atoms with Gasteiger partial charge in [0.05, 0.1) is 33.8 Å². The Morgan fingerprint density at radius 3 is 1.38 bits per heavy atom. The lowest BCUT2D eigenvalue weighted by Crippen LogP contribution is -2.47. The number of amides is 1. The highest BCUT2D eigenvalue weighted by Gasteiger charge is 2.27. The molecule has 10 heteroatoms. The van der Waals surface area contributed by atoms with Crippen molar-refractivity contribution in [1.29, 1.82) is 0 Å². The lowest BCUT2D eigenvalue weighted by molar-refractivity contribution is -0.870. The SMILES string of the molecule is CC/C=C/C=C/C=C/CCCCCCCCCC(=O)OC(/C=C/CCCCCCCCCCCC)C(COP(=O)([O-])OCC[N+](C)(C)C)NC(=O)CCCCCCCCCCCCCCCCCC. The van der Waals surface area contributed by atoms with E-state index in [1.165, 1.54) is 154 Å². The van der Waals surface area contributed by atoms with Gasteiger partial charge in [-0.2, -0.15) is 0 Å². The summed E-state index contributed by atoms with van der Waals surface area (Å²) in [6.45, 7) is 6.72. The van der Waals surface area contributed by atoms with E-state index >= 15 is 0 Å². The minimum absolute atomic E-state index is 0.0235. The van der Waals surface area contributed by atoms with Crippen molar-refractivity contribution in [3.63, 3.8) is 0 Å². The molecule has 0 saturated carbocycles. The monoisotopic (exact) mass is 991 g/mol. The molecule has 404 valence electrons. The predicted molar refractivity (Wildman–Crippen MR) is 293 cm³/mol. The smallest absolute Gasteiger partial charge is 0.306 e. The van der Waals surface area contributed by atoms with Gasteiger partial charge < -0.3 is 28.5 Å². The van der Waals surface area contributed by atoms with E-state index in [-0.39, 0.29) is 31.5 Å². The number of rotatable bonds is 52. The quantitative estimate of drug-likeness (QED) is 0.0161. The minimum atomic E-state index is -4.69. The fourth-order valence-electron chi connectivity index (χ4n) is 8.35. The molecule has 3 unspecified atom stereocenters. The van der Waals surface area contributed by atoms with Gasteiger partial charge in [0.15, 0.2) is 0 Å². The number of unbranched alkanes of at least 4 members (excludes halogenated alkanes) is 32. The van der Waals surface area contributed by atoms with E-state index in [0.29, 0.717) is 17.4 Å². The molecule has 0 radical (unpaired) electrons. The molecule has 9 nitrogen and oxygen atoms in total. The van der Waals surface area contributed by atoms with Crippen molar-refractivity contribution >= 4 is 19.7 Å². The van der Waals surface area contributed by atoms with Gasteiger partial charge in [0.25, 0.3) is 7.82 Å². The topological polar surface area (TPSA) is 114 Å². The number of hydrogen-bond acceptors (Lipinski definition) is 7. The standard InChI is InChI=1S/C59H111N2O7P/c1-7-10-13-16-19-22-25-28-30-32-33-36-39-42-45-48-51-58(62)60-56(55-67-69(64,65)66-54-53-61(4,5)6)57(50-47-44-41-38-35-27-24-21-18-15-12-9-3)68-59(63)52-49-46-43-40-37-34-31-29-26-23-20-17-14-11-8-2/h11,14,17,20,23,26,47,50,56-57H,7-10,12-13,15-16,18-19,21-22,24-25,27-46,48-49,51-55H2,1-6H3,(H-,60,62,64,65)/b14-11+,20-17+,26-23+,50-47+. The fourth-order valence-corrected chi connectivity index (χ4v) is 9.07. The maximum atomic E-state index is 13.5. The summed E-state index contributed by atoms with van der Waals surface area (Å²) >= 11 is 0. The second-order valence-corrected chi connectivity index (χ2v) is 22.2. The number of nitrogens with zero attached hydrogens (tertiary/aromatic N) is 1. The van der Waals surface area contributed by atoms with Crippen LogP contribution in [0.2, 0.25) is 0 Å². The molecule has 0 fully saturated rings. The van der Waals surface area contributed by atoms with Gasteiger partial charge in [0.2, 0.25) is 5.91 Å². The van der Waals surface area contributed by atoms with Gasteiger partial charge in [0, 0.05) is 12.8 Å². The predicted octanol–water partition coefficient (Wildman–Crippen LogP) is 16.7. The molecule has 1 N–H and O–H groups in total. The van der Waals surface area contributed by atoms with E-state index in [4.69, 9.17) is 13.8 Å². The molecule has 0 aromatic carbocycles. The number of carbonyl (C=O) groups excluding carboxylic acids is 2. The average Bonchev–Trinajstić information content (AvgIpc) is 3.31. The highest BCUT2D eigenvalue weighted by Crippen LogP contribution is 2.38. The minimum Gasteiger partial charge on any atom is -0.756 e. The zero-order valence-corrected chi connectivity index (χ0v) is 46.9. The van der Waals surface area contributed by atoms with Gasteiger partial charge in [-0.1, -0.05) is 250 Å². The third kappa shape index (κ3) is 50.7. The van der Waals surface area contributed by atoms with Gasteiger partial charge in [-0.05, 0) is 51.0 Å². The summed E-state index contributed by atoms with van der Waals surface area (Å²) in [5.74, 6) is -0.548. The molecule has 0 rings (SSSR count). The highest BCUT2D eigenvalue weighted by atomic mass is 31.2. The largest absolute Gasteiger partial charge is 0.756 e. The van der Waals surface area contributed by atoms with Crippen molar-refractivity contribution in [2.45, 2.75) is 277 Å². The first-order valence-corrected chi connectivity index (χ1v) is 30.4. The van der Waals surface area contributed by atoms with Crippen molar-refractivity contribution in [1.82, 2.24) is 5.32 Å². The number of likely N-dealkylation sites (N-methyl/N-ethyl adjacent to an activating group) is 1. The maximum absolute atomic E-state index is 13.5. The van der Waals surface area contributed by atoms with E-state index in [1.807, 2.05) is 33.3 Å². The Morgan fingerprint density at radius 2 is 0.928 bits per heavy atom. The summed E-state index contributed by atoms with van der Waals surface area (Å²) in [6.07, 6.45) is 59.2. The van der Waals surface area contributed by atoms with Crippen LogP contribution < -0.4 is 10.2 Å². The Labute approximate surface area is 427 Å². The zero-order chi connectivity index (χ0) is 50.8. The van der Waals surface area contributed by atoms with E-state index in [0.717, 1.165) is 77.0 Å². The number of ether oxygens (including phenoxy) is 1. The van der Waals surface area contributed by atoms with E-state index in [2.05, 4.69) is 62.5 Å². The molecular formula is C59H111N2O7P. The molecule has 3 atom stereocenters. The lowest BCUT2D eigenvalue weighted by Gasteiger charge is -2.30. The number of carbonyl (C=O) groups is 2. The number of esters is 1. The summed E-state index contributed by atoms with van der Waals surface area (Å²) in [4.78, 5) is 39.8. The van der Waals surface area contributed by atoms with Crippen LogP contribution in [0, 0.1) is 0 Å². The van der Waals surface area contributed by atoms with E-state index in [1.54, 1.807) is 0 Å². The molecule has 0 heterocycles. The summed E-state index contributed by atoms with van der Waals surface area (Å²) in [5, 5.41) is 3.02. The van der Waals surface area contributed by atoms with Gasteiger partial charge in [-0.15, -0.1) is 0 Å². The molecule has 1 amide bonds. The second kappa shape index (κ2) is 49.5. The van der Waals surface area contributed by atoms with Crippen molar-refractivity contribution in [2.75, 3.05) is 40.9 Å². The van der Waals surface area contributed by atoms with E-state index < -0.39 is 20.0 Å². The van der Waals surface area contributed by atoms with E-state index in [9.17, 15) is 19.0 Å². The molecular weight excluding hydrogens is 880 g/mol. The maximum Gasteiger partial charge on any atom is 0.306 e. The summed E-state index contributed by atoms with van der Waals surface area (Å²) in [5.41, 5.74) is 0. The normalized spacial score (nSPS) is 14.1. The molecule has 0 aromatic heterocycles. The number of hydrogen-bond donors (Lipinski definition) is 1. The number of allylic oxidation sites excluding steroid dienone is 7.